The topological polar surface area (TPSA) is 49.8 Å². The monoisotopic (exact) mass is 304 g/mol. The van der Waals surface area contributed by atoms with Gasteiger partial charge in [-0.2, -0.15) is 0 Å². The molecule has 0 amide bonds. The Morgan fingerprint density at radius 2 is 2.36 bits per heavy atom. The number of aromatic nitrogens is 1. The van der Waals surface area contributed by atoms with Crippen molar-refractivity contribution in [1.82, 2.24) is 15.2 Å². The Hall–Kier alpha value is -1.78. The van der Waals surface area contributed by atoms with Crippen LogP contribution < -0.4 is 10.1 Å². The zero-order valence-electron chi connectivity index (χ0n) is 14.2. The van der Waals surface area contributed by atoms with E-state index in [-0.39, 0.29) is 0 Å². The first-order valence-corrected chi connectivity index (χ1v) is 8.07. The number of nitrogens with one attached hydrogen (secondary N) is 1. The second-order valence-electron chi connectivity index (χ2n) is 6.34. The summed E-state index contributed by atoms with van der Waals surface area (Å²) < 4.78 is 5.16. The Labute approximate surface area is 133 Å². The van der Waals surface area contributed by atoms with Gasteiger partial charge in [0.1, 0.15) is 0 Å². The molecule has 1 aliphatic rings. The number of aliphatic imine (C=N–C) groups is 1. The summed E-state index contributed by atoms with van der Waals surface area (Å²) in [7, 11) is 3.49. The van der Waals surface area contributed by atoms with Crippen molar-refractivity contribution in [2.45, 2.75) is 33.2 Å². The molecule has 1 N–H and O–H groups in total. The second-order valence-corrected chi connectivity index (χ2v) is 6.34. The fourth-order valence-electron chi connectivity index (χ4n) is 3.07. The fourth-order valence-corrected chi connectivity index (χ4v) is 3.07. The van der Waals surface area contributed by atoms with Gasteiger partial charge in [0.25, 0.3) is 0 Å². The first-order chi connectivity index (χ1) is 10.6. The number of rotatable bonds is 5. The maximum Gasteiger partial charge on any atom is 0.213 e. The molecule has 0 spiro atoms. The first kappa shape index (κ1) is 16.6. The third kappa shape index (κ3) is 4.61. The summed E-state index contributed by atoms with van der Waals surface area (Å²) in [6.45, 7) is 7.53. The molecular formula is C17H28N4O. The molecule has 1 atom stereocenters. The lowest BCUT2D eigenvalue weighted by Gasteiger charge is -2.22. The van der Waals surface area contributed by atoms with Crippen molar-refractivity contribution >= 4 is 5.96 Å². The fraction of sp³-hybridized carbons (Fsp3) is 0.647. The maximum absolute atomic E-state index is 5.16. The standard InChI is InChI=1S/C17H28N4O/c1-13(2)9-15-6-8-21(12-15)17(18-3)20-11-14-5-7-19-16(10-14)22-4/h5,7,10,13,15H,6,8-9,11-12H2,1-4H3,(H,18,20). The highest BCUT2D eigenvalue weighted by atomic mass is 16.5. The third-order valence-electron chi connectivity index (χ3n) is 4.06. The zero-order chi connectivity index (χ0) is 15.9. The van der Waals surface area contributed by atoms with Gasteiger partial charge in [-0.15, -0.1) is 0 Å². The first-order valence-electron chi connectivity index (χ1n) is 8.07. The van der Waals surface area contributed by atoms with Crippen LogP contribution in [0.4, 0.5) is 0 Å². The van der Waals surface area contributed by atoms with E-state index in [2.05, 4.69) is 34.0 Å². The molecular weight excluding hydrogens is 276 g/mol. The second kappa shape index (κ2) is 8.01. The smallest absolute Gasteiger partial charge is 0.213 e. The number of nitrogens with zero attached hydrogens (tertiary/aromatic N) is 3. The molecule has 5 nitrogen and oxygen atoms in total. The van der Waals surface area contributed by atoms with Gasteiger partial charge in [0.2, 0.25) is 5.88 Å². The number of hydrogen-bond acceptors (Lipinski definition) is 3. The molecule has 1 saturated heterocycles. The largest absolute Gasteiger partial charge is 0.481 e. The average Bonchev–Trinajstić information content (AvgIpc) is 2.95. The Balaban J connectivity index is 1.88. The van der Waals surface area contributed by atoms with E-state index in [4.69, 9.17) is 4.74 Å². The van der Waals surface area contributed by atoms with Crippen molar-refractivity contribution in [2.24, 2.45) is 16.8 Å². The molecule has 22 heavy (non-hydrogen) atoms. The predicted molar refractivity (Wildman–Crippen MR) is 90.1 cm³/mol. The quantitative estimate of drug-likeness (QED) is 0.671. The Morgan fingerprint density at radius 1 is 1.55 bits per heavy atom. The molecule has 0 aromatic carbocycles. The molecule has 122 valence electrons. The van der Waals surface area contributed by atoms with Crippen LogP contribution in [0.1, 0.15) is 32.3 Å². The molecule has 0 bridgehead atoms. The van der Waals surface area contributed by atoms with Crippen LogP contribution in [0.15, 0.2) is 23.3 Å². The van der Waals surface area contributed by atoms with Crippen molar-refractivity contribution in [3.05, 3.63) is 23.9 Å². The van der Waals surface area contributed by atoms with Crippen molar-refractivity contribution in [3.8, 4) is 5.88 Å². The van der Waals surface area contributed by atoms with Gasteiger partial charge in [-0.3, -0.25) is 4.99 Å². The molecule has 1 fully saturated rings. The van der Waals surface area contributed by atoms with Crippen LogP contribution in [0.3, 0.4) is 0 Å². The molecule has 1 aromatic heterocycles. The summed E-state index contributed by atoms with van der Waals surface area (Å²) in [5.74, 6) is 3.19. The van der Waals surface area contributed by atoms with Gasteiger partial charge in [-0.05, 0) is 36.3 Å². The number of methoxy groups -OCH3 is 1. The van der Waals surface area contributed by atoms with Crippen LogP contribution in [-0.2, 0) is 6.54 Å². The lowest BCUT2D eigenvalue weighted by molar-refractivity contribution is 0.396. The van der Waals surface area contributed by atoms with Crippen molar-refractivity contribution < 1.29 is 4.74 Å². The summed E-state index contributed by atoms with van der Waals surface area (Å²) in [5, 5.41) is 3.45. The molecule has 0 aliphatic carbocycles. The van der Waals surface area contributed by atoms with Gasteiger partial charge in [0.05, 0.1) is 7.11 Å². The summed E-state index contributed by atoms with van der Waals surface area (Å²) in [4.78, 5) is 10.9. The molecule has 5 heteroatoms. The van der Waals surface area contributed by atoms with Crippen molar-refractivity contribution in [2.75, 3.05) is 27.2 Å². The van der Waals surface area contributed by atoms with Crippen molar-refractivity contribution in [1.29, 1.82) is 0 Å². The van der Waals surface area contributed by atoms with E-state index >= 15 is 0 Å². The Morgan fingerprint density at radius 3 is 3.05 bits per heavy atom. The minimum absolute atomic E-state index is 0.646. The summed E-state index contributed by atoms with van der Waals surface area (Å²) >= 11 is 0. The van der Waals surface area contributed by atoms with Crippen LogP contribution >= 0.6 is 0 Å². The lowest BCUT2D eigenvalue weighted by atomic mass is 9.97. The van der Waals surface area contributed by atoms with Crippen LogP contribution in [0.2, 0.25) is 0 Å². The van der Waals surface area contributed by atoms with Crippen molar-refractivity contribution in [3.63, 3.8) is 0 Å². The highest BCUT2D eigenvalue weighted by molar-refractivity contribution is 5.80. The van der Waals surface area contributed by atoms with Gasteiger partial charge < -0.3 is 15.0 Å². The Kier molecular flexibility index (Phi) is 6.04. The lowest BCUT2D eigenvalue weighted by Crippen LogP contribution is -2.39. The van der Waals surface area contributed by atoms with E-state index in [0.29, 0.717) is 5.88 Å². The minimum atomic E-state index is 0.646. The van der Waals surface area contributed by atoms with Crippen LogP contribution in [0.5, 0.6) is 5.88 Å². The maximum atomic E-state index is 5.16. The number of hydrogen-bond donors (Lipinski definition) is 1. The highest BCUT2D eigenvalue weighted by Crippen LogP contribution is 2.23. The van der Waals surface area contributed by atoms with Crippen LogP contribution in [-0.4, -0.2) is 43.1 Å². The molecule has 0 radical (unpaired) electrons. The summed E-state index contributed by atoms with van der Waals surface area (Å²) in [6, 6.07) is 3.94. The number of guanidine groups is 1. The summed E-state index contributed by atoms with van der Waals surface area (Å²) in [6.07, 6.45) is 4.34. The van der Waals surface area contributed by atoms with Gasteiger partial charge >= 0.3 is 0 Å². The van der Waals surface area contributed by atoms with E-state index in [1.165, 1.54) is 12.8 Å². The van der Waals surface area contributed by atoms with Gasteiger partial charge in [-0.25, -0.2) is 4.98 Å². The zero-order valence-corrected chi connectivity index (χ0v) is 14.2. The SMILES string of the molecule is CN=C(NCc1ccnc(OC)c1)N1CCC(CC(C)C)C1. The van der Waals surface area contributed by atoms with Gasteiger partial charge in [0, 0.05) is 38.9 Å². The predicted octanol–water partition coefficient (Wildman–Crippen LogP) is 2.53. The number of likely N-dealkylation sites (tertiary alicyclic amines) is 1. The molecule has 1 unspecified atom stereocenters. The molecule has 2 heterocycles. The average molecular weight is 304 g/mol. The Bertz CT molecular complexity index is 501. The van der Waals surface area contributed by atoms with Crippen LogP contribution in [0, 0.1) is 11.8 Å². The van der Waals surface area contributed by atoms with E-state index in [9.17, 15) is 0 Å². The molecule has 2 rings (SSSR count). The van der Waals surface area contributed by atoms with E-state index < -0.39 is 0 Å². The normalized spacial score (nSPS) is 18.9. The number of ether oxygens (including phenoxy) is 1. The van der Waals surface area contributed by atoms with Crippen LogP contribution in [0.25, 0.3) is 0 Å². The summed E-state index contributed by atoms with van der Waals surface area (Å²) in [5.41, 5.74) is 1.14. The number of pyridine rings is 1. The third-order valence-corrected chi connectivity index (χ3v) is 4.06. The molecule has 1 aliphatic heterocycles. The minimum Gasteiger partial charge on any atom is -0.481 e. The van der Waals surface area contributed by atoms with Gasteiger partial charge in [-0.1, -0.05) is 13.8 Å². The molecule has 1 aromatic rings. The van der Waals surface area contributed by atoms with E-state index in [0.717, 1.165) is 43.0 Å². The molecule has 0 saturated carbocycles. The van der Waals surface area contributed by atoms with E-state index in [1.54, 1.807) is 13.3 Å². The van der Waals surface area contributed by atoms with Gasteiger partial charge in [0.15, 0.2) is 5.96 Å². The highest BCUT2D eigenvalue weighted by Gasteiger charge is 2.25. The van der Waals surface area contributed by atoms with E-state index in [1.807, 2.05) is 19.2 Å².